The number of aliphatic carboxylic acids is 2. The van der Waals surface area contributed by atoms with Crippen LogP contribution in [0.5, 0.6) is 0 Å². The van der Waals surface area contributed by atoms with Crippen molar-refractivity contribution in [3.05, 3.63) is 0 Å². The molecule has 0 spiro atoms. The van der Waals surface area contributed by atoms with Crippen molar-refractivity contribution in [1.29, 1.82) is 0 Å². The molecular weight excluding hydrogens is 468 g/mol. The second kappa shape index (κ2) is 18.9. The maximum Gasteiger partial charge on any atom is 0.508 e. The van der Waals surface area contributed by atoms with Gasteiger partial charge in [-0.15, -0.1) is 0 Å². The maximum absolute atomic E-state index is 11.7. The third-order valence-electron chi connectivity index (χ3n) is 3.54. The third-order valence-corrected chi connectivity index (χ3v) is 3.54. The number of carbonyl (C=O) groups excluding carboxylic acids is 4. The summed E-state index contributed by atoms with van der Waals surface area (Å²) in [6.45, 7) is -2.55. The predicted molar refractivity (Wildman–Crippen MR) is 106 cm³/mol. The molecule has 15 heteroatoms. The average molecular weight is 496 g/mol. The van der Waals surface area contributed by atoms with Crippen LogP contribution in [0.3, 0.4) is 0 Å². The molecule has 0 radical (unpaired) electrons. The Morgan fingerprint density at radius 1 is 0.588 bits per heavy atom. The first-order chi connectivity index (χ1) is 16.1. The Hall–Kier alpha value is -3.62. The third kappa shape index (κ3) is 19.1. The summed E-state index contributed by atoms with van der Waals surface area (Å²) in [5.41, 5.74) is 0. The molecule has 15 nitrogen and oxygen atoms in total. The molecule has 0 amide bonds. The number of hydrogen-bond acceptors (Lipinski definition) is 13. The molecule has 0 saturated heterocycles. The molecule has 0 aliphatic carbocycles. The topological polar surface area (TPSA) is 218 Å². The maximum atomic E-state index is 11.7. The minimum atomic E-state index is -1.35. The number of aliphatic hydroxyl groups excluding tert-OH is 1. The highest BCUT2D eigenvalue weighted by molar-refractivity contribution is 5.79. The molecule has 0 aromatic carbocycles. The molecule has 0 fully saturated rings. The summed E-state index contributed by atoms with van der Waals surface area (Å²) in [4.78, 5) is 66.7. The highest BCUT2D eigenvalue weighted by Gasteiger charge is 2.21. The van der Waals surface area contributed by atoms with Gasteiger partial charge in [0.1, 0.15) is 19.8 Å². The number of hydrogen-bond donors (Lipinski definition) is 3. The van der Waals surface area contributed by atoms with E-state index in [-0.39, 0.29) is 58.3 Å². The van der Waals surface area contributed by atoms with E-state index in [0.29, 0.717) is 0 Å². The van der Waals surface area contributed by atoms with Gasteiger partial charge in [-0.1, -0.05) is 0 Å². The number of rotatable bonds is 18. The summed E-state index contributed by atoms with van der Waals surface area (Å²) >= 11 is 0. The summed E-state index contributed by atoms with van der Waals surface area (Å²) in [6.07, 6.45) is -5.21. The molecular formula is C19H28O15. The smallest absolute Gasteiger partial charge is 0.481 e. The van der Waals surface area contributed by atoms with E-state index in [0.717, 1.165) is 0 Å². The lowest BCUT2D eigenvalue weighted by atomic mass is 10.2. The van der Waals surface area contributed by atoms with Crippen molar-refractivity contribution < 1.29 is 72.5 Å². The first-order valence-electron chi connectivity index (χ1n) is 10.1. The van der Waals surface area contributed by atoms with Gasteiger partial charge in [0.25, 0.3) is 0 Å². The molecule has 0 saturated carbocycles. The molecule has 0 aromatic heterocycles. The second-order valence-corrected chi connectivity index (χ2v) is 6.45. The monoisotopic (exact) mass is 496 g/mol. The fourth-order valence-electron chi connectivity index (χ4n) is 1.95. The van der Waals surface area contributed by atoms with Crippen molar-refractivity contribution >= 4 is 36.2 Å². The standard InChI is InChI=1S/C19H28O15/c20-10-13(21)4-1-7-29-17(26)32-11-14(34-19(28)31-9-3-6-16(24)25)12-33-18(27)30-8-2-5-15(22)23/h14,20H,1-12H2,(H,22,23)(H,24,25). The van der Waals surface area contributed by atoms with Crippen LogP contribution in [0, 0.1) is 0 Å². The largest absolute Gasteiger partial charge is 0.508 e. The van der Waals surface area contributed by atoms with Crippen LogP contribution < -0.4 is 0 Å². The van der Waals surface area contributed by atoms with E-state index in [1.165, 1.54) is 0 Å². The molecule has 0 aliphatic heterocycles. The van der Waals surface area contributed by atoms with Crippen molar-refractivity contribution in [3.8, 4) is 0 Å². The number of carboxylic acid groups (broad SMARTS) is 2. The van der Waals surface area contributed by atoms with Crippen LogP contribution in [0.4, 0.5) is 14.4 Å². The lowest BCUT2D eigenvalue weighted by molar-refractivity contribution is -0.138. The zero-order chi connectivity index (χ0) is 25.8. The van der Waals surface area contributed by atoms with Gasteiger partial charge in [-0.05, 0) is 19.3 Å². The van der Waals surface area contributed by atoms with E-state index >= 15 is 0 Å². The summed E-state index contributed by atoms with van der Waals surface area (Å²) in [5, 5.41) is 25.7. The van der Waals surface area contributed by atoms with Crippen LogP contribution in [0.2, 0.25) is 0 Å². The van der Waals surface area contributed by atoms with Gasteiger partial charge >= 0.3 is 30.4 Å². The van der Waals surface area contributed by atoms with Crippen molar-refractivity contribution in [2.75, 3.05) is 39.6 Å². The minimum absolute atomic E-state index is 0.00828. The van der Waals surface area contributed by atoms with E-state index in [2.05, 4.69) is 9.47 Å². The molecule has 194 valence electrons. The Bertz CT molecular complexity index is 675. The number of aliphatic hydroxyl groups is 1. The first kappa shape index (κ1) is 30.4. The summed E-state index contributed by atoms with van der Waals surface area (Å²) in [6, 6.07) is 0. The second-order valence-electron chi connectivity index (χ2n) is 6.45. The SMILES string of the molecule is O=C(O)CCCOC(=O)OCC(COC(=O)OCCCC(=O)CO)OC(=O)OCCCC(=O)O. The van der Waals surface area contributed by atoms with Crippen LogP contribution in [0.25, 0.3) is 0 Å². The molecule has 0 aliphatic rings. The number of carbonyl (C=O) groups is 6. The van der Waals surface area contributed by atoms with Crippen LogP contribution in [-0.4, -0.2) is 97.3 Å². The molecule has 0 rings (SSSR count). The number of carboxylic acids is 2. The Balaban J connectivity index is 4.50. The molecule has 34 heavy (non-hydrogen) atoms. The molecule has 3 N–H and O–H groups in total. The predicted octanol–water partition coefficient (Wildman–Crippen LogP) is 0.886. The first-order valence-corrected chi connectivity index (χ1v) is 10.1. The van der Waals surface area contributed by atoms with Crippen LogP contribution in [0.1, 0.15) is 38.5 Å². The van der Waals surface area contributed by atoms with Gasteiger partial charge in [-0.2, -0.15) is 0 Å². The van der Waals surface area contributed by atoms with Gasteiger partial charge in [-0.3, -0.25) is 14.4 Å². The van der Waals surface area contributed by atoms with Crippen molar-refractivity contribution in [3.63, 3.8) is 0 Å². The molecule has 1 unspecified atom stereocenters. The minimum Gasteiger partial charge on any atom is -0.481 e. The van der Waals surface area contributed by atoms with Crippen LogP contribution >= 0.6 is 0 Å². The Labute approximate surface area is 193 Å². The fraction of sp³-hybridized carbons (Fsp3) is 0.684. The molecule has 0 bridgehead atoms. The van der Waals surface area contributed by atoms with Crippen molar-refractivity contribution in [2.24, 2.45) is 0 Å². The van der Waals surface area contributed by atoms with Crippen molar-refractivity contribution in [2.45, 2.75) is 44.6 Å². The zero-order valence-corrected chi connectivity index (χ0v) is 18.3. The lowest BCUT2D eigenvalue weighted by Gasteiger charge is -2.17. The van der Waals surface area contributed by atoms with Crippen LogP contribution in [-0.2, 0) is 42.8 Å². The summed E-state index contributed by atoms with van der Waals surface area (Å²) < 4.78 is 28.4. The van der Waals surface area contributed by atoms with E-state index < -0.39 is 62.1 Å². The Morgan fingerprint density at radius 2 is 1.00 bits per heavy atom. The fourth-order valence-corrected chi connectivity index (χ4v) is 1.95. The van der Waals surface area contributed by atoms with Crippen molar-refractivity contribution in [1.82, 2.24) is 0 Å². The summed E-state index contributed by atoms with van der Waals surface area (Å²) in [5.74, 6) is -2.59. The zero-order valence-electron chi connectivity index (χ0n) is 18.3. The van der Waals surface area contributed by atoms with E-state index in [4.69, 9.17) is 34.3 Å². The van der Waals surface area contributed by atoms with E-state index in [9.17, 15) is 28.8 Å². The van der Waals surface area contributed by atoms with E-state index in [1.807, 2.05) is 0 Å². The number of Topliss-reactive ketones (excluding diaryl/α,β-unsaturated/α-hetero) is 1. The van der Waals surface area contributed by atoms with Crippen LogP contribution in [0.15, 0.2) is 0 Å². The lowest BCUT2D eigenvalue weighted by Crippen LogP contribution is -2.31. The average Bonchev–Trinajstić information content (AvgIpc) is 2.78. The van der Waals surface area contributed by atoms with E-state index in [1.54, 1.807) is 0 Å². The van der Waals surface area contributed by atoms with Gasteiger partial charge in [0.15, 0.2) is 11.9 Å². The molecule has 0 aromatic rings. The van der Waals surface area contributed by atoms with Gasteiger partial charge < -0.3 is 43.7 Å². The Morgan fingerprint density at radius 3 is 1.41 bits per heavy atom. The van der Waals surface area contributed by atoms with Gasteiger partial charge in [0.2, 0.25) is 0 Å². The van der Waals surface area contributed by atoms with Gasteiger partial charge in [0, 0.05) is 19.3 Å². The van der Waals surface area contributed by atoms with Gasteiger partial charge in [0.05, 0.1) is 19.8 Å². The Kier molecular flexibility index (Phi) is 16.9. The summed E-state index contributed by atoms with van der Waals surface area (Å²) in [7, 11) is 0. The quantitative estimate of drug-likeness (QED) is 0.136. The molecule has 0 heterocycles. The normalized spacial score (nSPS) is 11.0. The number of ketones is 1. The van der Waals surface area contributed by atoms with Gasteiger partial charge in [-0.25, -0.2) is 14.4 Å². The number of ether oxygens (including phenoxy) is 6. The highest BCUT2D eigenvalue weighted by atomic mass is 16.8. The highest BCUT2D eigenvalue weighted by Crippen LogP contribution is 2.03. The molecule has 1 atom stereocenters.